The highest BCUT2D eigenvalue weighted by Crippen LogP contribution is 2.35. The van der Waals surface area contributed by atoms with E-state index < -0.39 is 18.1 Å². The van der Waals surface area contributed by atoms with Crippen molar-refractivity contribution in [2.75, 3.05) is 35.7 Å². The molecule has 11 heteroatoms. The van der Waals surface area contributed by atoms with Gasteiger partial charge in [-0.3, -0.25) is 4.79 Å². The number of carbonyl (C=O) groups excluding carboxylic acids is 1. The Morgan fingerprint density at radius 1 is 1.34 bits per heavy atom. The predicted molar refractivity (Wildman–Crippen MR) is 103 cm³/mol. The zero-order chi connectivity index (χ0) is 21.2. The predicted octanol–water partition coefficient (Wildman–Crippen LogP) is 3.49. The van der Waals surface area contributed by atoms with E-state index in [-0.39, 0.29) is 18.2 Å². The first-order valence-corrected chi connectivity index (χ1v) is 9.16. The van der Waals surface area contributed by atoms with Crippen LogP contribution in [0.4, 0.5) is 30.6 Å². The molecule has 3 rings (SSSR count). The molecule has 7 nitrogen and oxygen atoms in total. The van der Waals surface area contributed by atoms with Crippen molar-refractivity contribution in [3.63, 3.8) is 0 Å². The molecule has 1 unspecified atom stereocenters. The fraction of sp³-hybridized carbons (Fsp3) is 0.389. The van der Waals surface area contributed by atoms with E-state index in [1.807, 2.05) is 10.2 Å². The van der Waals surface area contributed by atoms with Gasteiger partial charge in [0, 0.05) is 35.6 Å². The van der Waals surface area contributed by atoms with E-state index in [2.05, 4.69) is 9.97 Å². The highest BCUT2D eigenvalue weighted by Gasteiger charge is 2.39. The maximum Gasteiger partial charge on any atom is 0.471 e. The standard InChI is InChI=1S/C18H19ClF3N5O2/c1-10-7-15(26-17(23)24-10)27-5-2-6-29-9-14(27)12-8-11(3-4-13(12)19)25-16(28)18(20,21)22/h3-4,7-8,14H,2,5-6,9H2,1H3,(H,25,28)(H2,23,24,26). The lowest BCUT2D eigenvalue weighted by atomic mass is 10.0. The Labute approximate surface area is 170 Å². The van der Waals surface area contributed by atoms with Crippen LogP contribution in [0.3, 0.4) is 0 Å². The summed E-state index contributed by atoms with van der Waals surface area (Å²) in [6.07, 6.45) is -4.28. The zero-order valence-electron chi connectivity index (χ0n) is 15.5. The van der Waals surface area contributed by atoms with Crippen molar-refractivity contribution >= 4 is 35.0 Å². The van der Waals surface area contributed by atoms with Crippen molar-refractivity contribution in [1.82, 2.24) is 9.97 Å². The Bertz CT molecular complexity index is 889. The fourth-order valence-electron chi connectivity index (χ4n) is 3.11. The molecule has 0 saturated carbocycles. The first-order valence-electron chi connectivity index (χ1n) is 8.78. The van der Waals surface area contributed by atoms with Crippen LogP contribution in [0.1, 0.15) is 23.7 Å². The monoisotopic (exact) mass is 429 g/mol. The lowest BCUT2D eigenvalue weighted by Gasteiger charge is -2.31. The lowest BCUT2D eigenvalue weighted by Crippen LogP contribution is -2.32. The number of hydrogen-bond acceptors (Lipinski definition) is 6. The summed E-state index contributed by atoms with van der Waals surface area (Å²) >= 11 is 6.35. The van der Waals surface area contributed by atoms with Gasteiger partial charge in [-0.2, -0.15) is 18.2 Å². The summed E-state index contributed by atoms with van der Waals surface area (Å²) in [4.78, 5) is 21.6. The van der Waals surface area contributed by atoms with E-state index in [0.717, 1.165) is 0 Å². The molecule has 1 fully saturated rings. The second-order valence-electron chi connectivity index (χ2n) is 6.55. The van der Waals surface area contributed by atoms with Gasteiger partial charge in [0.1, 0.15) is 5.82 Å². The zero-order valence-corrected chi connectivity index (χ0v) is 16.2. The lowest BCUT2D eigenvalue weighted by molar-refractivity contribution is -0.167. The molecule has 0 radical (unpaired) electrons. The van der Waals surface area contributed by atoms with Gasteiger partial charge in [-0.1, -0.05) is 11.6 Å². The number of amides is 1. The minimum atomic E-state index is -4.99. The van der Waals surface area contributed by atoms with E-state index in [4.69, 9.17) is 22.1 Å². The average molecular weight is 430 g/mol. The maximum absolute atomic E-state index is 12.6. The van der Waals surface area contributed by atoms with Gasteiger partial charge in [0.2, 0.25) is 5.95 Å². The molecule has 0 bridgehead atoms. The molecule has 3 N–H and O–H groups in total. The minimum absolute atomic E-state index is 0.0192. The van der Waals surface area contributed by atoms with Gasteiger partial charge in [-0.05, 0) is 37.1 Å². The SMILES string of the molecule is Cc1cc(N2CCCOCC2c2cc(NC(=O)C(F)(F)F)ccc2Cl)nc(N)n1. The van der Waals surface area contributed by atoms with Crippen LogP contribution in [-0.4, -0.2) is 41.8 Å². The molecule has 1 aliphatic rings. The summed E-state index contributed by atoms with van der Waals surface area (Å²) in [7, 11) is 0. The molecule has 29 heavy (non-hydrogen) atoms. The fourth-order valence-corrected chi connectivity index (χ4v) is 3.35. The molecule has 2 heterocycles. The Morgan fingerprint density at radius 3 is 2.79 bits per heavy atom. The van der Waals surface area contributed by atoms with Crippen LogP contribution >= 0.6 is 11.6 Å². The summed E-state index contributed by atoms with van der Waals surface area (Å²) < 4.78 is 43.4. The Morgan fingerprint density at radius 2 is 2.10 bits per heavy atom. The van der Waals surface area contributed by atoms with Crippen LogP contribution in [0.15, 0.2) is 24.3 Å². The Balaban J connectivity index is 1.98. The molecular formula is C18H19ClF3N5O2. The number of anilines is 3. The largest absolute Gasteiger partial charge is 0.471 e. The number of alkyl halides is 3. The summed E-state index contributed by atoms with van der Waals surface area (Å²) in [5, 5.41) is 2.18. The third-order valence-corrected chi connectivity index (χ3v) is 4.71. The molecule has 1 saturated heterocycles. The third kappa shape index (κ3) is 5.07. The summed E-state index contributed by atoms with van der Waals surface area (Å²) in [5.41, 5.74) is 6.94. The number of aromatic nitrogens is 2. The van der Waals surface area contributed by atoms with E-state index in [0.29, 0.717) is 41.7 Å². The van der Waals surface area contributed by atoms with Crippen LogP contribution in [0.25, 0.3) is 0 Å². The number of nitrogens with zero attached hydrogens (tertiary/aromatic N) is 3. The van der Waals surface area contributed by atoms with Crippen molar-refractivity contribution in [3.8, 4) is 0 Å². The molecule has 1 aromatic heterocycles. The van der Waals surface area contributed by atoms with Crippen molar-refractivity contribution in [1.29, 1.82) is 0 Å². The van der Waals surface area contributed by atoms with Gasteiger partial charge in [-0.25, -0.2) is 4.98 Å². The van der Waals surface area contributed by atoms with Crippen LogP contribution in [0, 0.1) is 6.92 Å². The summed E-state index contributed by atoms with van der Waals surface area (Å²) in [5.74, 6) is -1.38. The molecule has 1 aromatic carbocycles. The normalized spacial score (nSPS) is 17.7. The highest BCUT2D eigenvalue weighted by molar-refractivity contribution is 6.31. The molecule has 1 amide bonds. The average Bonchev–Trinajstić information content (AvgIpc) is 2.87. The smallest absolute Gasteiger partial charge is 0.379 e. The van der Waals surface area contributed by atoms with Crippen molar-refractivity contribution in [2.45, 2.75) is 25.6 Å². The number of aryl methyl sites for hydroxylation is 1. The van der Waals surface area contributed by atoms with Gasteiger partial charge in [0.15, 0.2) is 0 Å². The van der Waals surface area contributed by atoms with Gasteiger partial charge >= 0.3 is 12.1 Å². The van der Waals surface area contributed by atoms with E-state index in [1.54, 1.807) is 13.0 Å². The molecule has 1 aliphatic heterocycles. The second-order valence-corrected chi connectivity index (χ2v) is 6.96. The van der Waals surface area contributed by atoms with Crippen LogP contribution in [-0.2, 0) is 9.53 Å². The molecule has 2 aromatic rings. The molecule has 0 spiro atoms. The molecule has 0 aliphatic carbocycles. The minimum Gasteiger partial charge on any atom is -0.379 e. The number of nitrogens with one attached hydrogen (secondary N) is 1. The van der Waals surface area contributed by atoms with Crippen molar-refractivity contribution in [2.24, 2.45) is 0 Å². The number of benzene rings is 1. The van der Waals surface area contributed by atoms with Crippen molar-refractivity contribution in [3.05, 3.63) is 40.5 Å². The first-order chi connectivity index (χ1) is 13.6. The third-order valence-electron chi connectivity index (χ3n) is 4.36. The van der Waals surface area contributed by atoms with E-state index in [1.165, 1.54) is 18.2 Å². The molecule has 1 atom stereocenters. The number of nitrogens with two attached hydrogens (primary N) is 1. The van der Waals surface area contributed by atoms with Gasteiger partial charge < -0.3 is 20.7 Å². The van der Waals surface area contributed by atoms with Gasteiger partial charge in [0.25, 0.3) is 0 Å². The molecule has 156 valence electrons. The van der Waals surface area contributed by atoms with E-state index in [9.17, 15) is 18.0 Å². The number of rotatable bonds is 3. The number of ether oxygens (including phenoxy) is 1. The topological polar surface area (TPSA) is 93.4 Å². The Kier molecular flexibility index (Phi) is 6.13. The Hall–Kier alpha value is -2.59. The number of carbonyl (C=O) groups is 1. The number of nitrogen functional groups attached to an aromatic ring is 1. The number of halogens is 4. The van der Waals surface area contributed by atoms with E-state index >= 15 is 0 Å². The van der Waals surface area contributed by atoms with Crippen LogP contribution < -0.4 is 16.0 Å². The van der Waals surface area contributed by atoms with Gasteiger partial charge in [0.05, 0.1) is 12.6 Å². The summed E-state index contributed by atoms with van der Waals surface area (Å²) in [6, 6.07) is 5.48. The maximum atomic E-state index is 12.6. The summed E-state index contributed by atoms with van der Waals surface area (Å²) in [6.45, 7) is 3.09. The highest BCUT2D eigenvalue weighted by atomic mass is 35.5. The van der Waals surface area contributed by atoms with Crippen LogP contribution in [0.5, 0.6) is 0 Å². The quantitative estimate of drug-likeness (QED) is 0.775. The second kappa shape index (κ2) is 8.42. The van der Waals surface area contributed by atoms with Gasteiger partial charge in [-0.15, -0.1) is 0 Å². The van der Waals surface area contributed by atoms with Crippen molar-refractivity contribution < 1.29 is 22.7 Å². The molecular weight excluding hydrogens is 411 g/mol. The van der Waals surface area contributed by atoms with Crippen LogP contribution in [0.2, 0.25) is 5.02 Å². The number of hydrogen-bond donors (Lipinski definition) is 2. The first kappa shape index (κ1) is 21.1.